The zero-order valence-corrected chi connectivity index (χ0v) is 16.6. The SMILES string of the molecule is CCNC(=NCC1C(C)OC(C)(C)N1C(=O)OC(C)(C)C)N(C)C. The predicted octanol–water partition coefficient (Wildman–Crippen LogP) is 2.27. The number of nitrogens with zero attached hydrogens (tertiary/aromatic N) is 3. The van der Waals surface area contributed by atoms with Crippen molar-refractivity contribution in [1.82, 2.24) is 15.1 Å². The standard InChI is InChI=1S/C17H34N4O3/c1-10-18-14(20(8)9)19-11-13-12(2)23-17(6,7)21(13)15(22)24-16(3,4)5/h12-13H,10-11H2,1-9H3,(H,18,19). The van der Waals surface area contributed by atoms with Crippen LogP contribution in [0, 0.1) is 0 Å². The van der Waals surface area contributed by atoms with Gasteiger partial charge in [-0.15, -0.1) is 0 Å². The summed E-state index contributed by atoms with van der Waals surface area (Å²) in [5.41, 5.74) is -1.27. The molecule has 0 spiro atoms. The molecule has 1 heterocycles. The van der Waals surface area contributed by atoms with Gasteiger partial charge in [0.05, 0.1) is 18.7 Å². The average molecular weight is 342 g/mol. The van der Waals surface area contributed by atoms with Crippen molar-refractivity contribution in [2.45, 2.75) is 71.9 Å². The van der Waals surface area contributed by atoms with Crippen molar-refractivity contribution in [2.75, 3.05) is 27.2 Å². The molecule has 0 aliphatic carbocycles. The second-order valence-electron chi connectivity index (χ2n) is 7.78. The monoisotopic (exact) mass is 342 g/mol. The molecule has 0 radical (unpaired) electrons. The summed E-state index contributed by atoms with van der Waals surface area (Å²) in [6, 6.07) is -0.177. The van der Waals surface area contributed by atoms with Crippen molar-refractivity contribution in [3.05, 3.63) is 0 Å². The van der Waals surface area contributed by atoms with Gasteiger partial charge in [-0.25, -0.2) is 4.79 Å². The van der Waals surface area contributed by atoms with E-state index in [0.29, 0.717) is 6.54 Å². The molecule has 2 unspecified atom stereocenters. The number of carbonyl (C=O) groups is 1. The van der Waals surface area contributed by atoms with E-state index in [1.165, 1.54) is 0 Å². The molecule has 7 heteroatoms. The molecule has 1 rings (SSSR count). The first kappa shape index (κ1) is 20.5. The number of hydrogen-bond acceptors (Lipinski definition) is 4. The number of aliphatic imine (C=N–C) groups is 1. The third kappa shape index (κ3) is 5.26. The Labute approximate surface area is 146 Å². The third-order valence-corrected chi connectivity index (χ3v) is 3.70. The van der Waals surface area contributed by atoms with Crippen LogP contribution in [-0.4, -0.2) is 72.5 Å². The van der Waals surface area contributed by atoms with Gasteiger partial charge in [0.15, 0.2) is 5.96 Å². The predicted molar refractivity (Wildman–Crippen MR) is 96.2 cm³/mol. The van der Waals surface area contributed by atoms with Crippen LogP contribution >= 0.6 is 0 Å². The number of amides is 1. The molecule has 0 saturated carbocycles. The van der Waals surface area contributed by atoms with Gasteiger partial charge in [-0.3, -0.25) is 9.89 Å². The van der Waals surface area contributed by atoms with E-state index in [4.69, 9.17) is 9.47 Å². The summed E-state index contributed by atoms with van der Waals surface area (Å²) in [6.45, 7) is 14.6. The van der Waals surface area contributed by atoms with Crippen molar-refractivity contribution in [2.24, 2.45) is 4.99 Å². The zero-order chi connectivity index (χ0) is 18.7. The number of carbonyl (C=O) groups excluding carboxylic acids is 1. The molecule has 1 saturated heterocycles. The molecule has 0 bridgehead atoms. The van der Waals surface area contributed by atoms with Crippen LogP contribution in [0.1, 0.15) is 48.5 Å². The summed E-state index contributed by atoms with van der Waals surface area (Å²) in [4.78, 5) is 20.9. The first-order chi connectivity index (χ1) is 10.9. The van der Waals surface area contributed by atoms with Crippen LogP contribution in [0.2, 0.25) is 0 Å². The minimum Gasteiger partial charge on any atom is -0.444 e. The highest BCUT2D eigenvalue weighted by Gasteiger charge is 2.49. The Kier molecular flexibility index (Phi) is 6.50. The Morgan fingerprint density at radius 1 is 1.38 bits per heavy atom. The summed E-state index contributed by atoms with van der Waals surface area (Å²) in [5.74, 6) is 0.790. The van der Waals surface area contributed by atoms with Gasteiger partial charge in [0.25, 0.3) is 0 Å². The van der Waals surface area contributed by atoms with Crippen molar-refractivity contribution < 1.29 is 14.3 Å². The van der Waals surface area contributed by atoms with Crippen molar-refractivity contribution >= 4 is 12.1 Å². The first-order valence-corrected chi connectivity index (χ1v) is 8.55. The second-order valence-corrected chi connectivity index (χ2v) is 7.78. The van der Waals surface area contributed by atoms with Crippen molar-refractivity contribution in [3.8, 4) is 0 Å². The lowest BCUT2D eigenvalue weighted by molar-refractivity contribution is -0.0755. The van der Waals surface area contributed by atoms with Gasteiger partial charge in [-0.05, 0) is 48.5 Å². The van der Waals surface area contributed by atoms with Gasteiger partial charge < -0.3 is 19.7 Å². The van der Waals surface area contributed by atoms with Crippen molar-refractivity contribution in [3.63, 3.8) is 0 Å². The fourth-order valence-electron chi connectivity index (χ4n) is 2.79. The Balaban J connectivity index is 3.00. The lowest BCUT2D eigenvalue weighted by atomic mass is 10.1. The smallest absolute Gasteiger partial charge is 0.412 e. The first-order valence-electron chi connectivity index (χ1n) is 8.55. The topological polar surface area (TPSA) is 66.4 Å². The van der Waals surface area contributed by atoms with E-state index in [1.807, 2.05) is 67.5 Å². The zero-order valence-electron chi connectivity index (χ0n) is 16.6. The second kappa shape index (κ2) is 7.59. The summed E-state index contributed by atoms with van der Waals surface area (Å²) < 4.78 is 11.6. The molecule has 140 valence electrons. The molecule has 0 aromatic carbocycles. The van der Waals surface area contributed by atoms with Gasteiger partial charge in [0, 0.05) is 20.6 Å². The maximum absolute atomic E-state index is 12.7. The Bertz CT molecular complexity index is 469. The molecule has 7 nitrogen and oxygen atoms in total. The minimum absolute atomic E-state index is 0.124. The molecule has 1 aliphatic rings. The number of guanidine groups is 1. The third-order valence-electron chi connectivity index (χ3n) is 3.70. The fraction of sp³-hybridized carbons (Fsp3) is 0.882. The van der Waals surface area contributed by atoms with E-state index in [9.17, 15) is 4.79 Å². The van der Waals surface area contributed by atoms with Crippen LogP contribution in [0.4, 0.5) is 4.79 Å². The Morgan fingerprint density at radius 2 is 1.96 bits per heavy atom. The summed E-state index contributed by atoms with van der Waals surface area (Å²) in [5, 5.41) is 3.22. The van der Waals surface area contributed by atoms with Gasteiger partial charge in [0.2, 0.25) is 0 Å². The van der Waals surface area contributed by atoms with Crippen LogP contribution in [0.5, 0.6) is 0 Å². The summed E-state index contributed by atoms with van der Waals surface area (Å²) >= 11 is 0. The van der Waals surface area contributed by atoms with Crippen LogP contribution in [0.15, 0.2) is 4.99 Å². The lowest BCUT2D eigenvalue weighted by Gasteiger charge is -2.34. The maximum atomic E-state index is 12.7. The van der Waals surface area contributed by atoms with Gasteiger partial charge in [0.1, 0.15) is 11.3 Å². The molecule has 1 amide bonds. The van der Waals surface area contributed by atoms with E-state index in [0.717, 1.165) is 12.5 Å². The van der Waals surface area contributed by atoms with Crippen LogP contribution < -0.4 is 5.32 Å². The van der Waals surface area contributed by atoms with E-state index in [1.54, 1.807) is 4.90 Å². The van der Waals surface area contributed by atoms with Crippen molar-refractivity contribution in [1.29, 1.82) is 0 Å². The molecule has 1 aliphatic heterocycles. The molecule has 1 fully saturated rings. The molecule has 1 N–H and O–H groups in total. The number of ether oxygens (including phenoxy) is 2. The van der Waals surface area contributed by atoms with E-state index < -0.39 is 11.3 Å². The Hall–Kier alpha value is -1.50. The number of rotatable bonds is 3. The molecular formula is C17H34N4O3. The highest BCUT2D eigenvalue weighted by atomic mass is 16.6. The molecule has 0 aromatic heterocycles. The van der Waals surface area contributed by atoms with Crippen LogP contribution in [0.25, 0.3) is 0 Å². The quantitative estimate of drug-likeness (QED) is 0.629. The van der Waals surface area contributed by atoms with E-state index >= 15 is 0 Å². The van der Waals surface area contributed by atoms with Crippen LogP contribution in [0.3, 0.4) is 0 Å². The molecule has 24 heavy (non-hydrogen) atoms. The van der Waals surface area contributed by atoms with Gasteiger partial charge >= 0.3 is 6.09 Å². The number of hydrogen-bond donors (Lipinski definition) is 1. The fourth-order valence-corrected chi connectivity index (χ4v) is 2.79. The summed E-state index contributed by atoms with van der Waals surface area (Å²) in [6.07, 6.45) is -0.492. The average Bonchev–Trinajstić information content (AvgIpc) is 2.61. The number of nitrogens with one attached hydrogen (secondary N) is 1. The van der Waals surface area contributed by atoms with Crippen LogP contribution in [-0.2, 0) is 9.47 Å². The highest BCUT2D eigenvalue weighted by Crippen LogP contribution is 2.33. The molecule has 2 atom stereocenters. The Morgan fingerprint density at radius 3 is 2.42 bits per heavy atom. The normalized spacial score (nSPS) is 24.0. The largest absolute Gasteiger partial charge is 0.444 e. The molecule has 0 aromatic rings. The molecular weight excluding hydrogens is 308 g/mol. The maximum Gasteiger partial charge on any atom is 0.412 e. The lowest BCUT2D eigenvalue weighted by Crippen LogP contribution is -2.51. The van der Waals surface area contributed by atoms with Gasteiger partial charge in [-0.1, -0.05) is 0 Å². The van der Waals surface area contributed by atoms with E-state index in [2.05, 4.69) is 10.3 Å². The minimum atomic E-state index is -0.724. The van der Waals surface area contributed by atoms with E-state index in [-0.39, 0.29) is 18.2 Å². The van der Waals surface area contributed by atoms with Gasteiger partial charge in [-0.2, -0.15) is 0 Å². The highest BCUT2D eigenvalue weighted by molar-refractivity contribution is 5.79. The summed E-state index contributed by atoms with van der Waals surface area (Å²) in [7, 11) is 3.87.